The fourth-order valence-electron chi connectivity index (χ4n) is 3.40. The number of methoxy groups -OCH3 is 1. The van der Waals surface area contributed by atoms with E-state index in [2.05, 4.69) is 10.2 Å². The third-order valence-corrected chi connectivity index (χ3v) is 4.99. The standard InChI is InChI=1S/C20H23N5O3/c1-3-18(26)16-10-15-13-23(8-9-24(15)22-16)20(27)14-11-21-25(12-14)17-6-4-5-7-19(17)28-2/h4-7,10-12,18,26H,3,8-9,13H2,1-2H3. The van der Waals surface area contributed by atoms with Crippen molar-refractivity contribution in [3.05, 3.63) is 59.7 Å². The Bertz CT molecular complexity index is 993. The van der Waals surface area contributed by atoms with Crippen molar-refractivity contribution in [3.8, 4) is 11.4 Å². The Balaban J connectivity index is 1.53. The van der Waals surface area contributed by atoms with E-state index in [0.29, 0.717) is 43.1 Å². The maximum Gasteiger partial charge on any atom is 0.257 e. The number of carbonyl (C=O) groups is 1. The molecule has 4 rings (SSSR count). The van der Waals surface area contributed by atoms with Gasteiger partial charge in [0.15, 0.2) is 0 Å². The molecule has 1 aromatic carbocycles. The summed E-state index contributed by atoms with van der Waals surface area (Å²) in [5, 5.41) is 18.8. The van der Waals surface area contributed by atoms with Crippen LogP contribution in [0.1, 0.15) is 41.2 Å². The Hall–Kier alpha value is -3.13. The molecule has 0 fully saturated rings. The summed E-state index contributed by atoms with van der Waals surface area (Å²) in [5.74, 6) is 0.611. The van der Waals surface area contributed by atoms with Crippen molar-refractivity contribution in [2.75, 3.05) is 13.7 Å². The molecule has 0 saturated carbocycles. The third kappa shape index (κ3) is 3.27. The molecule has 8 heteroatoms. The van der Waals surface area contributed by atoms with Gasteiger partial charge < -0.3 is 14.7 Å². The predicted molar refractivity (Wildman–Crippen MR) is 102 cm³/mol. The van der Waals surface area contributed by atoms with Gasteiger partial charge in [-0.3, -0.25) is 9.48 Å². The summed E-state index contributed by atoms with van der Waals surface area (Å²) in [6.07, 6.45) is 3.34. The van der Waals surface area contributed by atoms with E-state index in [0.717, 1.165) is 11.4 Å². The Morgan fingerprint density at radius 2 is 2.14 bits per heavy atom. The lowest BCUT2D eigenvalue weighted by Crippen LogP contribution is -2.38. The number of ether oxygens (including phenoxy) is 1. The maximum absolute atomic E-state index is 13.0. The van der Waals surface area contributed by atoms with Crippen molar-refractivity contribution in [1.82, 2.24) is 24.5 Å². The van der Waals surface area contributed by atoms with E-state index < -0.39 is 6.10 Å². The van der Waals surface area contributed by atoms with Gasteiger partial charge in [-0.25, -0.2) is 4.68 Å². The van der Waals surface area contributed by atoms with Crippen LogP contribution in [0.2, 0.25) is 0 Å². The van der Waals surface area contributed by atoms with Crippen molar-refractivity contribution in [2.24, 2.45) is 0 Å². The fraction of sp³-hybridized carbons (Fsp3) is 0.350. The number of hydrogen-bond donors (Lipinski definition) is 1. The average Bonchev–Trinajstić information content (AvgIpc) is 3.39. The van der Waals surface area contributed by atoms with Crippen molar-refractivity contribution < 1.29 is 14.6 Å². The summed E-state index contributed by atoms with van der Waals surface area (Å²) in [6.45, 7) is 3.55. The second-order valence-electron chi connectivity index (χ2n) is 6.78. The highest BCUT2D eigenvalue weighted by molar-refractivity contribution is 5.93. The van der Waals surface area contributed by atoms with Gasteiger partial charge in [0.05, 0.1) is 49.5 Å². The van der Waals surface area contributed by atoms with Crippen LogP contribution in [0, 0.1) is 0 Å². The van der Waals surface area contributed by atoms with E-state index in [9.17, 15) is 9.90 Å². The average molecular weight is 381 g/mol. The maximum atomic E-state index is 13.0. The van der Waals surface area contributed by atoms with E-state index in [1.54, 1.807) is 29.1 Å². The summed E-state index contributed by atoms with van der Waals surface area (Å²) in [6, 6.07) is 9.41. The van der Waals surface area contributed by atoms with E-state index in [-0.39, 0.29) is 5.91 Å². The molecule has 1 aliphatic heterocycles. The summed E-state index contributed by atoms with van der Waals surface area (Å²) in [5.41, 5.74) is 2.89. The largest absolute Gasteiger partial charge is 0.494 e. The molecule has 0 saturated heterocycles. The Kier molecular flexibility index (Phi) is 4.87. The lowest BCUT2D eigenvalue weighted by atomic mass is 10.2. The number of benzene rings is 1. The topological polar surface area (TPSA) is 85.4 Å². The lowest BCUT2D eigenvalue weighted by molar-refractivity contribution is 0.0705. The smallest absolute Gasteiger partial charge is 0.257 e. The highest BCUT2D eigenvalue weighted by Crippen LogP contribution is 2.23. The van der Waals surface area contributed by atoms with Crippen LogP contribution in [-0.2, 0) is 13.1 Å². The molecule has 3 aromatic rings. The molecule has 2 aromatic heterocycles. The van der Waals surface area contributed by atoms with Crippen LogP contribution in [0.4, 0.5) is 0 Å². The quantitative estimate of drug-likeness (QED) is 0.732. The molecule has 146 valence electrons. The number of rotatable bonds is 5. The molecule has 1 atom stereocenters. The van der Waals surface area contributed by atoms with Crippen LogP contribution in [-0.4, -0.2) is 49.1 Å². The summed E-state index contributed by atoms with van der Waals surface area (Å²) < 4.78 is 8.89. The highest BCUT2D eigenvalue weighted by Gasteiger charge is 2.25. The van der Waals surface area contributed by atoms with Crippen LogP contribution < -0.4 is 4.74 Å². The molecule has 0 spiro atoms. The SMILES string of the molecule is CCC(O)c1cc2n(n1)CCN(C(=O)c1cnn(-c3ccccc3OC)c1)C2. The zero-order valence-corrected chi connectivity index (χ0v) is 15.9. The third-order valence-electron chi connectivity index (χ3n) is 4.99. The lowest BCUT2D eigenvalue weighted by Gasteiger charge is -2.27. The zero-order valence-electron chi connectivity index (χ0n) is 15.9. The van der Waals surface area contributed by atoms with Crippen molar-refractivity contribution in [2.45, 2.75) is 32.5 Å². The molecule has 0 bridgehead atoms. The van der Waals surface area contributed by atoms with Crippen LogP contribution >= 0.6 is 0 Å². The number of nitrogens with zero attached hydrogens (tertiary/aromatic N) is 5. The Morgan fingerprint density at radius 1 is 1.32 bits per heavy atom. The zero-order chi connectivity index (χ0) is 19.7. The van der Waals surface area contributed by atoms with Gasteiger partial charge in [0, 0.05) is 12.7 Å². The highest BCUT2D eigenvalue weighted by atomic mass is 16.5. The van der Waals surface area contributed by atoms with Gasteiger partial charge in [-0.05, 0) is 24.6 Å². The summed E-state index contributed by atoms with van der Waals surface area (Å²) in [4.78, 5) is 14.7. The number of aromatic nitrogens is 4. The van der Waals surface area contributed by atoms with Gasteiger partial charge in [0.1, 0.15) is 11.4 Å². The summed E-state index contributed by atoms with van der Waals surface area (Å²) >= 11 is 0. The molecule has 1 amide bonds. The molecule has 1 unspecified atom stereocenters. The summed E-state index contributed by atoms with van der Waals surface area (Å²) in [7, 11) is 1.61. The molecule has 28 heavy (non-hydrogen) atoms. The normalized spacial score (nSPS) is 14.6. The molecular weight excluding hydrogens is 358 g/mol. The van der Waals surface area contributed by atoms with Gasteiger partial charge >= 0.3 is 0 Å². The van der Waals surface area contributed by atoms with E-state index >= 15 is 0 Å². The Morgan fingerprint density at radius 3 is 2.93 bits per heavy atom. The molecule has 1 aliphatic rings. The molecule has 1 N–H and O–H groups in total. The molecule has 3 heterocycles. The van der Waals surface area contributed by atoms with E-state index in [4.69, 9.17) is 4.74 Å². The van der Waals surface area contributed by atoms with Gasteiger partial charge in [0.2, 0.25) is 0 Å². The van der Waals surface area contributed by atoms with Gasteiger partial charge in [-0.2, -0.15) is 10.2 Å². The van der Waals surface area contributed by atoms with Gasteiger partial charge in [-0.15, -0.1) is 0 Å². The Labute approximate surface area is 163 Å². The van der Waals surface area contributed by atoms with Crippen LogP contribution in [0.25, 0.3) is 5.69 Å². The van der Waals surface area contributed by atoms with E-state index in [1.807, 2.05) is 41.9 Å². The number of hydrogen-bond acceptors (Lipinski definition) is 5. The first-order valence-corrected chi connectivity index (χ1v) is 9.32. The van der Waals surface area contributed by atoms with Gasteiger partial charge in [-0.1, -0.05) is 19.1 Å². The second-order valence-corrected chi connectivity index (χ2v) is 6.78. The van der Waals surface area contributed by atoms with Crippen LogP contribution in [0.3, 0.4) is 0 Å². The van der Waals surface area contributed by atoms with Gasteiger partial charge in [0.25, 0.3) is 5.91 Å². The number of para-hydroxylation sites is 2. The van der Waals surface area contributed by atoms with Crippen LogP contribution in [0.15, 0.2) is 42.7 Å². The van der Waals surface area contributed by atoms with Crippen molar-refractivity contribution >= 4 is 5.91 Å². The first-order chi connectivity index (χ1) is 13.6. The predicted octanol–water partition coefficient (Wildman–Crippen LogP) is 2.18. The second kappa shape index (κ2) is 7.47. The fourth-order valence-corrected chi connectivity index (χ4v) is 3.40. The number of carbonyl (C=O) groups excluding carboxylic acids is 1. The minimum absolute atomic E-state index is 0.0776. The molecule has 0 radical (unpaired) electrons. The molecule has 8 nitrogen and oxygen atoms in total. The minimum atomic E-state index is -0.568. The van der Waals surface area contributed by atoms with Crippen molar-refractivity contribution in [1.29, 1.82) is 0 Å². The molecular formula is C20H23N5O3. The first kappa shape index (κ1) is 18.2. The van der Waals surface area contributed by atoms with Crippen molar-refractivity contribution in [3.63, 3.8) is 0 Å². The first-order valence-electron chi connectivity index (χ1n) is 9.32. The number of fused-ring (bicyclic) bond motifs is 1. The minimum Gasteiger partial charge on any atom is -0.494 e. The monoisotopic (exact) mass is 381 g/mol. The van der Waals surface area contributed by atoms with Crippen LogP contribution in [0.5, 0.6) is 5.75 Å². The van der Waals surface area contributed by atoms with E-state index in [1.165, 1.54) is 0 Å². The number of aliphatic hydroxyl groups excluding tert-OH is 1. The molecule has 0 aliphatic carbocycles. The number of aliphatic hydroxyl groups is 1. The number of amides is 1.